The number of piperidine rings is 1. The maximum Gasteiger partial charge on any atom is 0.393 e. The van der Waals surface area contributed by atoms with Gasteiger partial charge in [-0.1, -0.05) is 6.07 Å². The van der Waals surface area contributed by atoms with Crippen LogP contribution >= 0.6 is 0 Å². The van der Waals surface area contributed by atoms with Gasteiger partial charge in [0.15, 0.2) is 11.5 Å². The Morgan fingerprint density at radius 2 is 1.64 bits per heavy atom. The maximum absolute atomic E-state index is 13.8. The van der Waals surface area contributed by atoms with E-state index in [1.54, 1.807) is 18.2 Å². The maximum atomic E-state index is 13.8. The molecule has 3 aromatic rings. The number of hydrogen-bond donors (Lipinski definition) is 1. The van der Waals surface area contributed by atoms with Gasteiger partial charge in [-0.3, -0.25) is 14.6 Å². The lowest BCUT2D eigenvalue weighted by Crippen LogP contribution is -2.53. The fourth-order valence-corrected chi connectivity index (χ4v) is 6.34. The SMILES string of the molecule is COc1ccc(-c2[nH]c3ccc(C4CCN(CC(=O)N5CCN(C(C)C)CC5)CC4)cc3c2CC(F)(F)F)cc1OC. The zero-order chi connectivity index (χ0) is 30.0. The number of H-pyrrole nitrogens is 1. The number of likely N-dealkylation sites (tertiary alicyclic amines) is 1. The molecule has 0 aliphatic carbocycles. The molecule has 1 amide bonds. The van der Waals surface area contributed by atoms with E-state index < -0.39 is 12.6 Å². The monoisotopic (exact) mass is 586 g/mol. The summed E-state index contributed by atoms with van der Waals surface area (Å²) in [6, 6.07) is 11.5. The van der Waals surface area contributed by atoms with Gasteiger partial charge in [0.05, 0.1) is 32.9 Å². The van der Waals surface area contributed by atoms with Crippen LogP contribution in [0.2, 0.25) is 0 Å². The van der Waals surface area contributed by atoms with E-state index in [4.69, 9.17) is 9.47 Å². The fraction of sp³-hybridized carbons (Fsp3) is 0.531. The lowest BCUT2D eigenvalue weighted by Gasteiger charge is -2.38. The van der Waals surface area contributed by atoms with Crippen molar-refractivity contribution in [3.05, 3.63) is 47.5 Å². The number of benzene rings is 2. The Morgan fingerprint density at radius 3 is 2.26 bits per heavy atom. The number of piperazine rings is 1. The Hall–Kier alpha value is -3.24. The first-order valence-corrected chi connectivity index (χ1v) is 14.7. The second-order valence-electron chi connectivity index (χ2n) is 11.7. The van der Waals surface area contributed by atoms with Crippen LogP contribution in [0.3, 0.4) is 0 Å². The van der Waals surface area contributed by atoms with Crippen molar-refractivity contribution >= 4 is 16.8 Å². The number of amides is 1. The number of carbonyl (C=O) groups excluding carboxylic acids is 1. The quantitative estimate of drug-likeness (QED) is 0.368. The van der Waals surface area contributed by atoms with Gasteiger partial charge in [0.1, 0.15) is 0 Å². The molecule has 5 rings (SSSR count). The highest BCUT2D eigenvalue weighted by Crippen LogP contribution is 2.40. The molecule has 2 aliphatic rings. The van der Waals surface area contributed by atoms with Gasteiger partial charge in [-0.2, -0.15) is 13.2 Å². The second kappa shape index (κ2) is 12.6. The molecule has 228 valence electrons. The van der Waals surface area contributed by atoms with Crippen LogP contribution in [-0.2, 0) is 11.2 Å². The number of nitrogens with zero attached hydrogens (tertiary/aromatic N) is 3. The predicted octanol–water partition coefficient (Wildman–Crippen LogP) is 5.69. The predicted molar refractivity (Wildman–Crippen MR) is 158 cm³/mol. The number of aromatic nitrogens is 1. The van der Waals surface area contributed by atoms with Crippen LogP contribution in [-0.4, -0.2) is 97.8 Å². The second-order valence-corrected chi connectivity index (χ2v) is 11.7. The Balaban J connectivity index is 1.31. The van der Waals surface area contributed by atoms with Gasteiger partial charge >= 0.3 is 6.18 Å². The van der Waals surface area contributed by atoms with Crippen molar-refractivity contribution in [2.24, 2.45) is 0 Å². The van der Waals surface area contributed by atoms with Crippen LogP contribution in [0, 0.1) is 0 Å². The summed E-state index contributed by atoms with van der Waals surface area (Å²) in [6.45, 7) is 9.75. The standard InChI is InChI=1S/C32H41F3N4O3/c1-21(2)38-13-15-39(16-14-38)30(40)20-37-11-9-22(10-12-37)23-5-7-27-25(17-23)26(19-32(33,34)35)31(36-27)24-6-8-28(41-3)29(18-24)42-4/h5-8,17-18,21-22,36H,9-16,19-20H2,1-4H3. The number of nitrogens with one attached hydrogen (secondary N) is 1. The average molecular weight is 587 g/mol. The first-order valence-electron chi connectivity index (χ1n) is 14.7. The minimum absolute atomic E-state index is 0.185. The molecular formula is C32H41F3N4O3. The number of carbonyl (C=O) groups is 1. The van der Waals surface area contributed by atoms with Gasteiger partial charge < -0.3 is 19.4 Å². The van der Waals surface area contributed by atoms with Crippen LogP contribution in [0.1, 0.15) is 43.7 Å². The van der Waals surface area contributed by atoms with Crippen LogP contribution in [0.4, 0.5) is 13.2 Å². The number of alkyl halides is 3. The molecule has 2 aromatic carbocycles. The number of methoxy groups -OCH3 is 2. The molecule has 2 saturated heterocycles. The van der Waals surface area contributed by atoms with Crippen molar-refractivity contribution in [3.63, 3.8) is 0 Å². The molecule has 3 heterocycles. The summed E-state index contributed by atoms with van der Waals surface area (Å²) in [5.74, 6) is 1.38. The van der Waals surface area contributed by atoms with Gasteiger partial charge in [-0.05, 0) is 87.2 Å². The van der Waals surface area contributed by atoms with Gasteiger partial charge in [0.25, 0.3) is 0 Å². The molecule has 2 aliphatic heterocycles. The molecule has 2 fully saturated rings. The average Bonchev–Trinajstić information content (AvgIpc) is 3.33. The molecule has 7 nitrogen and oxygen atoms in total. The smallest absolute Gasteiger partial charge is 0.393 e. The first-order chi connectivity index (χ1) is 20.1. The van der Waals surface area contributed by atoms with Crippen LogP contribution in [0.15, 0.2) is 36.4 Å². The van der Waals surface area contributed by atoms with Gasteiger partial charge in [-0.15, -0.1) is 0 Å². The molecule has 0 unspecified atom stereocenters. The summed E-state index contributed by atoms with van der Waals surface area (Å²) in [4.78, 5) is 22.8. The molecule has 0 atom stereocenters. The van der Waals surface area contributed by atoms with Gasteiger partial charge in [0.2, 0.25) is 5.91 Å². The van der Waals surface area contributed by atoms with Gasteiger partial charge in [0, 0.05) is 48.7 Å². The molecule has 1 N–H and O–H groups in total. The highest BCUT2D eigenvalue weighted by atomic mass is 19.4. The number of aromatic amines is 1. The Bertz CT molecular complexity index is 1390. The fourth-order valence-electron chi connectivity index (χ4n) is 6.34. The molecule has 42 heavy (non-hydrogen) atoms. The summed E-state index contributed by atoms with van der Waals surface area (Å²) in [5.41, 5.74) is 2.98. The molecule has 10 heteroatoms. The number of rotatable bonds is 8. The minimum Gasteiger partial charge on any atom is -0.493 e. The van der Waals surface area contributed by atoms with Gasteiger partial charge in [-0.25, -0.2) is 0 Å². The summed E-state index contributed by atoms with van der Waals surface area (Å²) >= 11 is 0. The number of halogens is 3. The van der Waals surface area contributed by atoms with E-state index in [1.165, 1.54) is 14.2 Å². The zero-order valence-electron chi connectivity index (χ0n) is 24.9. The van der Waals surface area contributed by atoms with E-state index in [0.717, 1.165) is 57.7 Å². The van der Waals surface area contributed by atoms with Crippen LogP contribution in [0.25, 0.3) is 22.2 Å². The summed E-state index contributed by atoms with van der Waals surface area (Å²) in [7, 11) is 3.03. The van der Waals surface area contributed by atoms with E-state index >= 15 is 0 Å². The van der Waals surface area contributed by atoms with E-state index in [2.05, 4.69) is 28.6 Å². The van der Waals surface area contributed by atoms with Crippen molar-refractivity contribution in [2.75, 3.05) is 60.0 Å². The molecule has 0 radical (unpaired) electrons. The summed E-state index contributed by atoms with van der Waals surface area (Å²) in [5, 5.41) is 0.591. The highest BCUT2D eigenvalue weighted by Gasteiger charge is 2.32. The summed E-state index contributed by atoms with van der Waals surface area (Å²) in [6.07, 6.45) is -3.68. The largest absolute Gasteiger partial charge is 0.493 e. The molecule has 0 spiro atoms. The van der Waals surface area contributed by atoms with Crippen LogP contribution < -0.4 is 9.47 Å². The highest BCUT2D eigenvalue weighted by molar-refractivity contribution is 5.92. The van der Waals surface area contributed by atoms with E-state index in [0.29, 0.717) is 46.2 Å². The van der Waals surface area contributed by atoms with Crippen molar-refractivity contribution in [2.45, 2.75) is 51.2 Å². The minimum atomic E-state index is -4.37. The summed E-state index contributed by atoms with van der Waals surface area (Å²) < 4.78 is 52.1. The van der Waals surface area contributed by atoms with Crippen LogP contribution in [0.5, 0.6) is 11.5 Å². The zero-order valence-corrected chi connectivity index (χ0v) is 24.9. The van der Waals surface area contributed by atoms with Crippen molar-refractivity contribution in [1.82, 2.24) is 19.7 Å². The van der Waals surface area contributed by atoms with Crippen molar-refractivity contribution in [1.29, 1.82) is 0 Å². The van der Waals surface area contributed by atoms with Crippen molar-refractivity contribution < 1.29 is 27.4 Å². The Morgan fingerprint density at radius 1 is 0.952 bits per heavy atom. The number of hydrogen-bond acceptors (Lipinski definition) is 5. The van der Waals surface area contributed by atoms with E-state index in [1.807, 2.05) is 23.1 Å². The lowest BCUT2D eigenvalue weighted by atomic mass is 9.88. The Kier molecular flexibility index (Phi) is 9.03. The van der Waals surface area contributed by atoms with E-state index in [9.17, 15) is 18.0 Å². The molecule has 0 bridgehead atoms. The normalized spacial score (nSPS) is 17.8. The van der Waals surface area contributed by atoms with E-state index in [-0.39, 0.29) is 17.4 Å². The molecular weight excluding hydrogens is 545 g/mol. The first kappa shape index (κ1) is 30.2. The third kappa shape index (κ3) is 6.70. The third-order valence-corrected chi connectivity index (χ3v) is 8.79. The third-order valence-electron chi connectivity index (χ3n) is 8.79. The number of fused-ring (bicyclic) bond motifs is 1. The Labute approximate surface area is 245 Å². The number of ether oxygens (including phenoxy) is 2. The topological polar surface area (TPSA) is 61.0 Å². The lowest BCUT2D eigenvalue weighted by molar-refractivity contribution is -0.134. The molecule has 0 saturated carbocycles. The van der Waals surface area contributed by atoms with Crippen molar-refractivity contribution in [3.8, 4) is 22.8 Å². The molecule has 1 aromatic heterocycles.